The molecule has 19 heavy (non-hydrogen) atoms. The van der Waals surface area contributed by atoms with Gasteiger partial charge in [0.05, 0.1) is 0 Å². The quantitative estimate of drug-likeness (QED) is 0.750. The molecule has 0 unspecified atom stereocenters. The Morgan fingerprint density at radius 1 is 0.895 bits per heavy atom. The monoisotopic (exact) mass is 251 g/mol. The van der Waals surface area contributed by atoms with E-state index in [1.807, 2.05) is 62.4 Å². The van der Waals surface area contributed by atoms with Gasteiger partial charge in [-0.25, -0.2) is 0 Å². The molecule has 0 atom stereocenters. The minimum Gasteiger partial charge on any atom is -0.278 e. The van der Waals surface area contributed by atoms with Crippen molar-refractivity contribution in [3.63, 3.8) is 0 Å². The minimum absolute atomic E-state index is 0.132. The second kappa shape index (κ2) is 5.53. The normalized spacial score (nSPS) is 10.0. The Hall–Kier alpha value is -2.35. The molecule has 0 radical (unpaired) electrons. The van der Waals surface area contributed by atoms with Crippen molar-refractivity contribution in [3.05, 3.63) is 72.3 Å². The van der Waals surface area contributed by atoms with Crippen molar-refractivity contribution in [2.75, 3.05) is 4.90 Å². The topological polar surface area (TPSA) is 20.3 Å². The molecule has 0 aliphatic carbocycles. The molecule has 0 spiro atoms. The van der Waals surface area contributed by atoms with E-state index in [0.717, 1.165) is 11.4 Å². The van der Waals surface area contributed by atoms with Crippen LogP contribution in [0, 0.1) is 13.8 Å². The molecule has 2 heteroatoms. The Labute approximate surface area is 114 Å². The van der Waals surface area contributed by atoms with Gasteiger partial charge in [0.1, 0.15) is 0 Å². The lowest BCUT2D eigenvalue weighted by Crippen LogP contribution is -2.23. The fourth-order valence-electron chi connectivity index (χ4n) is 1.88. The Balaban J connectivity index is 2.47. The van der Waals surface area contributed by atoms with E-state index >= 15 is 0 Å². The highest BCUT2D eigenvalue weighted by atomic mass is 16.2. The van der Waals surface area contributed by atoms with Crippen LogP contribution in [0.25, 0.3) is 0 Å². The lowest BCUT2D eigenvalue weighted by atomic mass is 10.1. The molecular weight excluding hydrogens is 234 g/mol. The van der Waals surface area contributed by atoms with Gasteiger partial charge in [0.25, 0.3) is 5.91 Å². The molecule has 0 heterocycles. The third-order valence-corrected chi connectivity index (χ3v) is 2.98. The van der Waals surface area contributed by atoms with Crippen molar-refractivity contribution in [3.8, 4) is 0 Å². The van der Waals surface area contributed by atoms with E-state index in [0.29, 0.717) is 0 Å². The summed E-state index contributed by atoms with van der Waals surface area (Å²) in [5.74, 6) is -0.132. The highest BCUT2D eigenvalue weighted by Crippen LogP contribution is 2.26. The highest BCUT2D eigenvalue weighted by Gasteiger charge is 2.14. The number of hydrogen-bond acceptors (Lipinski definition) is 1. The van der Waals surface area contributed by atoms with Crippen molar-refractivity contribution >= 4 is 17.3 Å². The maximum Gasteiger partial charge on any atom is 0.254 e. The van der Waals surface area contributed by atoms with E-state index < -0.39 is 0 Å². The number of carbonyl (C=O) groups excluding carboxylic acids is 1. The summed E-state index contributed by atoms with van der Waals surface area (Å²) in [5.41, 5.74) is 4.02. The highest BCUT2D eigenvalue weighted by molar-refractivity contribution is 6.06. The molecule has 96 valence electrons. The van der Waals surface area contributed by atoms with Crippen LogP contribution in [0.1, 0.15) is 11.1 Å². The largest absolute Gasteiger partial charge is 0.278 e. The number of benzene rings is 2. The second-order valence-electron chi connectivity index (χ2n) is 4.55. The van der Waals surface area contributed by atoms with Crippen LogP contribution in [-0.4, -0.2) is 5.91 Å². The molecular formula is C17H17NO. The van der Waals surface area contributed by atoms with Gasteiger partial charge < -0.3 is 0 Å². The van der Waals surface area contributed by atoms with Gasteiger partial charge in [0, 0.05) is 11.4 Å². The summed E-state index contributed by atoms with van der Waals surface area (Å²) in [6, 6.07) is 15.7. The summed E-state index contributed by atoms with van der Waals surface area (Å²) in [4.78, 5) is 13.7. The predicted octanol–water partition coefficient (Wildman–Crippen LogP) is 4.15. The Bertz CT molecular complexity index is 536. The van der Waals surface area contributed by atoms with Crippen LogP contribution < -0.4 is 4.90 Å². The van der Waals surface area contributed by atoms with E-state index in [1.165, 1.54) is 17.2 Å². The first-order valence-corrected chi connectivity index (χ1v) is 6.21. The van der Waals surface area contributed by atoms with Crippen molar-refractivity contribution < 1.29 is 4.79 Å². The zero-order chi connectivity index (χ0) is 13.8. The van der Waals surface area contributed by atoms with E-state index in [4.69, 9.17) is 0 Å². The van der Waals surface area contributed by atoms with Crippen molar-refractivity contribution in [1.29, 1.82) is 0 Å². The molecule has 1 amide bonds. The zero-order valence-electron chi connectivity index (χ0n) is 11.3. The zero-order valence-corrected chi connectivity index (χ0v) is 11.3. The van der Waals surface area contributed by atoms with Gasteiger partial charge in [-0.1, -0.05) is 42.0 Å². The molecule has 2 nitrogen and oxygen atoms in total. The standard InChI is InChI=1S/C17H17NO/c1-4-17(19)18(15-9-5-13(2)6-10-15)16-11-7-14(3)8-12-16/h4-12H,1H2,2-3H3. The van der Waals surface area contributed by atoms with Crippen LogP contribution in [0.4, 0.5) is 11.4 Å². The number of anilines is 2. The maximum absolute atomic E-state index is 12.1. The first-order valence-electron chi connectivity index (χ1n) is 6.21. The maximum atomic E-state index is 12.1. The van der Waals surface area contributed by atoms with Crippen LogP contribution in [0.5, 0.6) is 0 Å². The molecule has 0 aliphatic rings. The van der Waals surface area contributed by atoms with Crippen LogP contribution in [0.3, 0.4) is 0 Å². The van der Waals surface area contributed by atoms with E-state index in [2.05, 4.69) is 6.58 Å². The van der Waals surface area contributed by atoms with Crippen LogP contribution in [0.2, 0.25) is 0 Å². The number of rotatable bonds is 3. The average molecular weight is 251 g/mol. The first-order chi connectivity index (χ1) is 9.11. The minimum atomic E-state index is -0.132. The number of hydrogen-bond donors (Lipinski definition) is 0. The summed E-state index contributed by atoms with van der Waals surface area (Å²) in [6.45, 7) is 7.62. The SMILES string of the molecule is C=CC(=O)N(c1ccc(C)cc1)c1ccc(C)cc1. The molecule has 0 saturated carbocycles. The smallest absolute Gasteiger partial charge is 0.254 e. The molecule has 0 N–H and O–H groups in total. The van der Waals surface area contributed by atoms with Gasteiger partial charge in [-0.15, -0.1) is 0 Å². The summed E-state index contributed by atoms with van der Waals surface area (Å²) in [6.07, 6.45) is 1.33. The fourth-order valence-corrected chi connectivity index (χ4v) is 1.88. The fraction of sp³-hybridized carbons (Fsp3) is 0.118. The predicted molar refractivity (Wildman–Crippen MR) is 79.7 cm³/mol. The van der Waals surface area contributed by atoms with E-state index in [9.17, 15) is 4.79 Å². The molecule has 0 saturated heterocycles. The Kier molecular flexibility index (Phi) is 3.81. The number of aryl methyl sites for hydroxylation is 2. The summed E-state index contributed by atoms with van der Waals surface area (Å²) in [7, 11) is 0. The first kappa shape index (κ1) is 13.1. The number of amides is 1. The van der Waals surface area contributed by atoms with Gasteiger partial charge in [0.15, 0.2) is 0 Å². The molecule has 2 rings (SSSR count). The van der Waals surface area contributed by atoms with Crippen LogP contribution in [0.15, 0.2) is 61.2 Å². The van der Waals surface area contributed by atoms with Crippen molar-refractivity contribution in [2.24, 2.45) is 0 Å². The van der Waals surface area contributed by atoms with Gasteiger partial charge in [-0.3, -0.25) is 9.69 Å². The molecule has 0 aliphatic heterocycles. The average Bonchev–Trinajstić information content (AvgIpc) is 2.43. The second-order valence-corrected chi connectivity index (χ2v) is 4.55. The summed E-state index contributed by atoms with van der Waals surface area (Å²) >= 11 is 0. The van der Waals surface area contributed by atoms with E-state index in [1.54, 1.807) is 4.90 Å². The van der Waals surface area contributed by atoms with Crippen molar-refractivity contribution in [2.45, 2.75) is 13.8 Å². The molecule has 2 aromatic carbocycles. The Morgan fingerprint density at radius 3 is 1.58 bits per heavy atom. The lowest BCUT2D eigenvalue weighted by molar-refractivity contribution is -0.113. The Morgan fingerprint density at radius 2 is 1.26 bits per heavy atom. The van der Waals surface area contributed by atoms with Gasteiger partial charge in [-0.2, -0.15) is 0 Å². The molecule has 0 aromatic heterocycles. The molecule has 0 fully saturated rings. The van der Waals surface area contributed by atoms with Crippen LogP contribution >= 0.6 is 0 Å². The molecule has 0 bridgehead atoms. The van der Waals surface area contributed by atoms with Gasteiger partial charge >= 0.3 is 0 Å². The number of carbonyl (C=O) groups is 1. The third kappa shape index (κ3) is 2.91. The molecule has 2 aromatic rings. The van der Waals surface area contributed by atoms with E-state index in [-0.39, 0.29) is 5.91 Å². The lowest BCUT2D eigenvalue weighted by Gasteiger charge is -2.21. The van der Waals surface area contributed by atoms with Gasteiger partial charge in [-0.05, 0) is 44.2 Å². The summed E-state index contributed by atoms with van der Waals surface area (Å²) < 4.78 is 0. The van der Waals surface area contributed by atoms with Gasteiger partial charge in [0.2, 0.25) is 0 Å². The van der Waals surface area contributed by atoms with Crippen molar-refractivity contribution in [1.82, 2.24) is 0 Å². The van der Waals surface area contributed by atoms with Crippen LogP contribution in [-0.2, 0) is 4.79 Å². The number of nitrogens with zero attached hydrogens (tertiary/aromatic N) is 1. The third-order valence-electron chi connectivity index (χ3n) is 2.98. The summed E-state index contributed by atoms with van der Waals surface area (Å²) in [5, 5.41) is 0.